The van der Waals surface area contributed by atoms with Crippen molar-refractivity contribution in [3.05, 3.63) is 33.9 Å². The average Bonchev–Trinajstić information content (AvgIpc) is 2.46. The van der Waals surface area contributed by atoms with E-state index in [9.17, 15) is 21.6 Å². The van der Waals surface area contributed by atoms with Crippen LogP contribution in [0.3, 0.4) is 0 Å². The van der Waals surface area contributed by atoms with Crippen LogP contribution in [0.1, 0.15) is 0 Å². The Morgan fingerprint density at radius 1 is 1.18 bits per heavy atom. The molecule has 9 heteroatoms. The Morgan fingerprint density at radius 3 is 2.45 bits per heavy atom. The van der Waals surface area contributed by atoms with Gasteiger partial charge in [0.2, 0.25) is 0 Å². The van der Waals surface area contributed by atoms with Crippen LogP contribution in [-0.4, -0.2) is 27.1 Å². The van der Waals surface area contributed by atoms with Gasteiger partial charge in [0.05, 0.1) is 12.2 Å². The Kier molecular flexibility index (Phi) is 3.67. The zero-order valence-electron chi connectivity index (χ0n) is 10.9. The maximum absolute atomic E-state index is 12.9. The summed E-state index contributed by atoms with van der Waals surface area (Å²) in [5.74, 6) is 0.162. The van der Waals surface area contributed by atoms with Crippen molar-refractivity contribution in [2.45, 2.75) is 5.51 Å². The monoisotopic (exact) mass is 443 g/mol. The number of alkyl halides is 3. The summed E-state index contributed by atoms with van der Waals surface area (Å²) in [6.07, 6.45) is 0. The number of benzene rings is 2. The molecule has 3 rings (SSSR count). The van der Waals surface area contributed by atoms with Gasteiger partial charge in [-0.15, -0.1) is 0 Å². The minimum atomic E-state index is -5.45. The van der Waals surface area contributed by atoms with Gasteiger partial charge in [-0.1, -0.05) is 24.3 Å². The summed E-state index contributed by atoms with van der Waals surface area (Å²) in [6.45, 7) is -0.504. The van der Waals surface area contributed by atoms with E-state index >= 15 is 0 Å². The van der Waals surface area contributed by atoms with Crippen LogP contribution in [0.25, 0.3) is 10.8 Å². The van der Waals surface area contributed by atoms with Gasteiger partial charge in [0.25, 0.3) is 0 Å². The minimum Gasteiger partial charge on any atom is -0.489 e. The van der Waals surface area contributed by atoms with E-state index < -0.39 is 15.5 Å². The second-order valence-corrected chi connectivity index (χ2v) is 7.64. The van der Waals surface area contributed by atoms with Crippen LogP contribution in [0, 0.1) is 3.57 Å². The molecule has 0 fully saturated rings. The topological polar surface area (TPSA) is 46.6 Å². The molecule has 2 aromatic carbocycles. The first-order valence-electron chi connectivity index (χ1n) is 6.16. The van der Waals surface area contributed by atoms with Crippen LogP contribution in [0.5, 0.6) is 5.75 Å². The number of nitrogens with zero attached hydrogens (tertiary/aromatic N) is 1. The molecule has 1 aliphatic rings. The molecule has 0 amide bonds. The molecule has 118 valence electrons. The predicted octanol–water partition coefficient (Wildman–Crippen LogP) is 3.49. The van der Waals surface area contributed by atoms with Crippen LogP contribution in [0.15, 0.2) is 30.3 Å². The van der Waals surface area contributed by atoms with Gasteiger partial charge in [-0.05, 0) is 34.0 Å². The van der Waals surface area contributed by atoms with Crippen LogP contribution in [0.4, 0.5) is 18.9 Å². The van der Waals surface area contributed by atoms with E-state index in [1.165, 1.54) is 6.07 Å². The van der Waals surface area contributed by atoms with Gasteiger partial charge in [-0.2, -0.15) is 21.6 Å². The average molecular weight is 443 g/mol. The first-order valence-corrected chi connectivity index (χ1v) is 8.68. The summed E-state index contributed by atoms with van der Waals surface area (Å²) in [5, 5.41) is 1.39. The van der Waals surface area contributed by atoms with Crippen LogP contribution < -0.4 is 9.04 Å². The lowest BCUT2D eigenvalue weighted by Crippen LogP contribution is -2.45. The molecule has 0 aromatic heterocycles. The molecule has 0 bridgehead atoms. The Hall–Kier alpha value is -1.23. The van der Waals surface area contributed by atoms with E-state index in [4.69, 9.17) is 4.74 Å². The SMILES string of the molecule is O=S(=O)(N1CCOc2c1cc(I)c1ccccc21)C(F)(F)F. The van der Waals surface area contributed by atoms with E-state index in [2.05, 4.69) is 0 Å². The van der Waals surface area contributed by atoms with E-state index in [1.54, 1.807) is 24.3 Å². The molecule has 22 heavy (non-hydrogen) atoms. The molecule has 2 aromatic rings. The fraction of sp³-hybridized carbons (Fsp3) is 0.231. The summed E-state index contributed by atoms with van der Waals surface area (Å²) in [5.41, 5.74) is -5.43. The van der Waals surface area contributed by atoms with E-state index in [1.807, 2.05) is 22.6 Å². The fourth-order valence-corrected chi connectivity index (χ4v) is 4.08. The highest BCUT2D eigenvalue weighted by molar-refractivity contribution is 14.1. The Bertz CT molecular complexity index is 851. The number of sulfonamides is 1. The first-order chi connectivity index (χ1) is 10.2. The van der Waals surface area contributed by atoms with Crippen molar-refractivity contribution in [2.75, 3.05) is 17.5 Å². The van der Waals surface area contributed by atoms with Gasteiger partial charge in [-0.3, -0.25) is 4.31 Å². The molecule has 1 heterocycles. The summed E-state index contributed by atoms with van der Waals surface area (Å²) in [4.78, 5) is 0. The number of hydrogen-bond acceptors (Lipinski definition) is 3. The number of anilines is 1. The lowest BCUT2D eigenvalue weighted by atomic mass is 10.1. The van der Waals surface area contributed by atoms with E-state index in [0.717, 1.165) is 5.39 Å². The molecular weight excluding hydrogens is 434 g/mol. The quantitative estimate of drug-likeness (QED) is 0.635. The van der Waals surface area contributed by atoms with Crippen LogP contribution >= 0.6 is 22.6 Å². The highest BCUT2D eigenvalue weighted by Crippen LogP contribution is 2.43. The van der Waals surface area contributed by atoms with Crippen molar-refractivity contribution in [3.8, 4) is 5.75 Å². The summed E-state index contributed by atoms with van der Waals surface area (Å²) in [6, 6.07) is 8.42. The maximum Gasteiger partial charge on any atom is 0.516 e. The van der Waals surface area contributed by atoms with Crippen molar-refractivity contribution < 1.29 is 26.3 Å². The number of halogens is 4. The molecule has 0 radical (unpaired) electrons. The third-order valence-corrected chi connectivity index (χ3v) is 5.75. The van der Waals surface area contributed by atoms with Crippen molar-refractivity contribution >= 4 is 49.1 Å². The van der Waals surface area contributed by atoms with Gasteiger partial charge in [0.1, 0.15) is 6.61 Å². The van der Waals surface area contributed by atoms with Crippen molar-refractivity contribution in [3.63, 3.8) is 0 Å². The summed E-state index contributed by atoms with van der Waals surface area (Å²) >= 11 is 1.96. The normalized spacial score (nSPS) is 15.5. The Morgan fingerprint density at radius 2 is 1.82 bits per heavy atom. The molecule has 0 aliphatic carbocycles. The van der Waals surface area contributed by atoms with Crippen LogP contribution in [0.2, 0.25) is 0 Å². The van der Waals surface area contributed by atoms with Crippen molar-refractivity contribution in [2.24, 2.45) is 0 Å². The second kappa shape index (κ2) is 5.15. The molecule has 0 spiro atoms. The molecule has 0 N–H and O–H groups in total. The number of fused-ring (bicyclic) bond motifs is 3. The molecule has 0 saturated carbocycles. The highest BCUT2D eigenvalue weighted by atomic mass is 127. The second-order valence-electron chi connectivity index (χ2n) is 4.62. The summed E-state index contributed by atoms with van der Waals surface area (Å²) < 4.78 is 68.6. The molecule has 0 atom stereocenters. The zero-order chi connectivity index (χ0) is 16.1. The number of ether oxygens (including phenoxy) is 1. The first kappa shape index (κ1) is 15.7. The highest BCUT2D eigenvalue weighted by Gasteiger charge is 2.51. The molecule has 0 saturated heterocycles. The predicted molar refractivity (Wildman–Crippen MR) is 84.5 cm³/mol. The number of hydrogen-bond donors (Lipinski definition) is 0. The number of rotatable bonds is 1. The van der Waals surface area contributed by atoms with Gasteiger partial charge in [0.15, 0.2) is 5.75 Å². The van der Waals surface area contributed by atoms with E-state index in [-0.39, 0.29) is 24.6 Å². The minimum absolute atomic E-state index is 0.0772. The lowest BCUT2D eigenvalue weighted by molar-refractivity contribution is -0.0439. The fourth-order valence-electron chi connectivity index (χ4n) is 2.35. The maximum atomic E-state index is 12.9. The van der Waals surface area contributed by atoms with Crippen molar-refractivity contribution in [1.82, 2.24) is 0 Å². The third-order valence-electron chi connectivity index (χ3n) is 3.32. The molecule has 0 unspecified atom stereocenters. The lowest BCUT2D eigenvalue weighted by Gasteiger charge is -2.31. The molecule has 4 nitrogen and oxygen atoms in total. The largest absolute Gasteiger partial charge is 0.516 e. The standard InChI is InChI=1S/C13H9F3INO3S/c14-13(15,16)22(19,20)18-5-6-21-12-9-4-2-1-3-8(9)10(17)7-11(12)18/h1-4,7H,5-6H2. The van der Waals surface area contributed by atoms with Crippen LogP contribution in [-0.2, 0) is 10.0 Å². The Balaban J connectivity index is 2.28. The van der Waals surface area contributed by atoms with E-state index in [0.29, 0.717) is 13.3 Å². The Labute approximate surface area is 138 Å². The van der Waals surface area contributed by atoms with Crippen molar-refractivity contribution in [1.29, 1.82) is 0 Å². The smallest absolute Gasteiger partial charge is 0.489 e. The van der Waals surface area contributed by atoms with Gasteiger partial charge in [-0.25, -0.2) is 0 Å². The molecular formula is C13H9F3INO3S. The molecule has 1 aliphatic heterocycles. The summed E-state index contributed by atoms with van der Waals surface area (Å²) in [7, 11) is -5.45. The third kappa shape index (κ3) is 2.30. The zero-order valence-corrected chi connectivity index (χ0v) is 13.9. The van der Waals surface area contributed by atoms with Gasteiger partial charge < -0.3 is 4.74 Å². The van der Waals surface area contributed by atoms with Gasteiger partial charge in [0, 0.05) is 8.96 Å². The van der Waals surface area contributed by atoms with Gasteiger partial charge >= 0.3 is 15.5 Å².